The minimum atomic E-state index is -2.94. The number of rotatable bonds is 7. The van der Waals surface area contributed by atoms with Crippen LogP contribution in [0, 0.1) is 0 Å². The van der Waals surface area contributed by atoms with Gasteiger partial charge in [0.1, 0.15) is 10.8 Å². The first-order valence-electron chi connectivity index (χ1n) is 9.70. The number of aromatic nitrogens is 1. The van der Waals surface area contributed by atoms with Crippen molar-refractivity contribution in [2.24, 2.45) is 0 Å². The second-order valence-corrected chi connectivity index (χ2v) is 8.17. The van der Waals surface area contributed by atoms with E-state index < -0.39 is 6.61 Å². The summed E-state index contributed by atoms with van der Waals surface area (Å²) in [6, 6.07) is 14.3. The Labute approximate surface area is 177 Å². The third-order valence-corrected chi connectivity index (χ3v) is 5.93. The molecule has 0 atom stereocenters. The number of carbonyl (C=O) groups is 1. The molecule has 0 bridgehead atoms. The first kappa shape index (κ1) is 20.6. The molecule has 2 heterocycles. The Morgan fingerprint density at radius 1 is 1.07 bits per heavy atom. The van der Waals surface area contributed by atoms with Gasteiger partial charge in [0.2, 0.25) is 5.91 Å². The number of thiazole rings is 1. The number of halogens is 2. The molecule has 1 aromatic heterocycles. The first-order valence-corrected chi connectivity index (χ1v) is 10.5. The predicted molar refractivity (Wildman–Crippen MR) is 113 cm³/mol. The molecule has 0 unspecified atom stereocenters. The lowest BCUT2D eigenvalue weighted by atomic mass is 10.2. The van der Waals surface area contributed by atoms with Crippen molar-refractivity contribution in [3.05, 3.63) is 53.5 Å². The summed E-state index contributed by atoms with van der Waals surface area (Å²) < 4.78 is 30.7. The van der Waals surface area contributed by atoms with Gasteiger partial charge in [-0.2, -0.15) is 8.78 Å². The van der Waals surface area contributed by atoms with Gasteiger partial charge in [0, 0.05) is 26.2 Å². The van der Waals surface area contributed by atoms with Crippen LogP contribution in [-0.4, -0.2) is 60.0 Å². The number of hydrogen-bond acceptors (Lipinski definition) is 6. The molecule has 0 radical (unpaired) electrons. The normalized spacial score (nSPS) is 15.6. The Bertz CT molecular complexity index is 972. The fraction of sp³-hybridized carbons (Fsp3) is 0.333. The van der Waals surface area contributed by atoms with Gasteiger partial charge in [-0.3, -0.25) is 14.6 Å². The van der Waals surface area contributed by atoms with E-state index in [0.717, 1.165) is 43.2 Å². The molecule has 6 nitrogen and oxygen atoms in total. The minimum Gasteiger partial charge on any atom is -0.433 e. The number of nitrogens with one attached hydrogen (secondary N) is 1. The summed E-state index contributed by atoms with van der Waals surface area (Å²) in [5.41, 5.74) is 1.28. The lowest BCUT2D eigenvalue weighted by Gasteiger charge is -2.33. The molecule has 1 amide bonds. The van der Waals surface area contributed by atoms with E-state index in [-0.39, 0.29) is 23.9 Å². The average Bonchev–Trinajstić information content (AvgIpc) is 3.13. The lowest BCUT2D eigenvalue weighted by Crippen LogP contribution is -2.48. The Kier molecular flexibility index (Phi) is 6.51. The zero-order valence-corrected chi connectivity index (χ0v) is 17.1. The van der Waals surface area contributed by atoms with Gasteiger partial charge in [-0.25, -0.2) is 4.98 Å². The van der Waals surface area contributed by atoms with Gasteiger partial charge < -0.3 is 10.1 Å². The van der Waals surface area contributed by atoms with Crippen molar-refractivity contribution in [2.75, 3.05) is 38.0 Å². The fourth-order valence-corrected chi connectivity index (χ4v) is 4.46. The summed E-state index contributed by atoms with van der Waals surface area (Å²) in [5, 5.41) is 3.76. The number of hydrogen-bond donors (Lipinski definition) is 1. The molecule has 30 heavy (non-hydrogen) atoms. The minimum absolute atomic E-state index is 0.0403. The zero-order valence-electron chi connectivity index (χ0n) is 16.3. The van der Waals surface area contributed by atoms with E-state index in [1.807, 2.05) is 18.2 Å². The van der Waals surface area contributed by atoms with Crippen LogP contribution in [0.3, 0.4) is 0 Å². The van der Waals surface area contributed by atoms with Crippen LogP contribution >= 0.6 is 11.3 Å². The van der Waals surface area contributed by atoms with Gasteiger partial charge in [-0.15, -0.1) is 11.3 Å². The number of carbonyl (C=O) groups excluding carboxylic acids is 1. The highest BCUT2D eigenvalue weighted by Gasteiger charge is 2.21. The quantitative estimate of drug-likeness (QED) is 0.618. The topological polar surface area (TPSA) is 57.7 Å². The van der Waals surface area contributed by atoms with Crippen molar-refractivity contribution in [3.8, 4) is 5.75 Å². The maximum atomic E-state index is 12.5. The molecule has 1 fully saturated rings. The summed E-state index contributed by atoms with van der Waals surface area (Å²) in [6.45, 7) is 1.27. The van der Waals surface area contributed by atoms with Crippen molar-refractivity contribution in [3.63, 3.8) is 0 Å². The molecule has 2 aromatic carbocycles. The van der Waals surface area contributed by atoms with E-state index in [1.54, 1.807) is 29.5 Å². The SMILES string of the molecule is O=C(CN1CCN(Cc2nc3ccccc3s2)CC1)Nc1ccccc1OC(F)F. The van der Waals surface area contributed by atoms with Crippen LogP contribution in [0.5, 0.6) is 5.75 Å². The second kappa shape index (κ2) is 9.46. The van der Waals surface area contributed by atoms with E-state index in [2.05, 4.69) is 30.9 Å². The number of amides is 1. The van der Waals surface area contributed by atoms with Crippen LogP contribution in [0.15, 0.2) is 48.5 Å². The molecule has 1 aliphatic heterocycles. The number of para-hydroxylation sites is 3. The van der Waals surface area contributed by atoms with Gasteiger partial charge in [0.05, 0.1) is 29.0 Å². The van der Waals surface area contributed by atoms with E-state index in [1.165, 1.54) is 10.8 Å². The summed E-state index contributed by atoms with van der Waals surface area (Å²) in [5.74, 6) is -0.290. The Balaban J connectivity index is 1.26. The van der Waals surface area contributed by atoms with E-state index in [0.29, 0.717) is 0 Å². The smallest absolute Gasteiger partial charge is 0.387 e. The highest BCUT2D eigenvalue weighted by Crippen LogP contribution is 2.26. The van der Waals surface area contributed by atoms with Gasteiger partial charge in [-0.1, -0.05) is 24.3 Å². The number of nitrogens with zero attached hydrogens (tertiary/aromatic N) is 3. The summed E-state index contributed by atoms with van der Waals surface area (Å²) in [6.07, 6.45) is 0. The molecule has 9 heteroatoms. The van der Waals surface area contributed by atoms with Gasteiger partial charge in [-0.05, 0) is 24.3 Å². The number of ether oxygens (including phenoxy) is 1. The molecule has 1 aliphatic rings. The van der Waals surface area contributed by atoms with Gasteiger partial charge in [0.25, 0.3) is 0 Å². The largest absolute Gasteiger partial charge is 0.433 e. The highest BCUT2D eigenvalue weighted by molar-refractivity contribution is 7.18. The van der Waals surface area contributed by atoms with Crippen LogP contribution in [-0.2, 0) is 11.3 Å². The standard InChI is InChI=1S/C21H22F2N4O2S/c22-21(23)29-17-7-3-1-5-15(17)24-19(28)13-26-9-11-27(12-10-26)14-20-25-16-6-2-4-8-18(16)30-20/h1-8,21H,9-14H2,(H,24,28). The summed E-state index contributed by atoms with van der Waals surface area (Å²) in [4.78, 5) is 21.4. The van der Waals surface area contributed by atoms with Crippen molar-refractivity contribution in [2.45, 2.75) is 13.2 Å². The zero-order chi connectivity index (χ0) is 20.9. The molecule has 0 saturated carbocycles. The van der Waals surface area contributed by atoms with Crippen LogP contribution in [0.1, 0.15) is 5.01 Å². The number of piperazine rings is 1. The predicted octanol–water partition coefficient (Wildman–Crippen LogP) is 3.65. The van der Waals surface area contributed by atoms with Crippen LogP contribution in [0.4, 0.5) is 14.5 Å². The number of alkyl halides is 2. The maximum Gasteiger partial charge on any atom is 0.387 e. The second-order valence-electron chi connectivity index (χ2n) is 7.05. The fourth-order valence-electron chi connectivity index (χ4n) is 3.45. The van der Waals surface area contributed by atoms with Gasteiger partial charge >= 0.3 is 6.61 Å². The maximum absolute atomic E-state index is 12.5. The van der Waals surface area contributed by atoms with Gasteiger partial charge in [0.15, 0.2) is 0 Å². The summed E-state index contributed by atoms with van der Waals surface area (Å²) >= 11 is 1.71. The van der Waals surface area contributed by atoms with Crippen LogP contribution in [0.2, 0.25) is 0 Å². The molecule has 1 saturated heterocycles. The van der Waals surface area contributed by atoms with E-state index >= 15 is 0 Å². The number of benzene rings is 2. The molecule has 0 aliphatic carbocycles. The Morgan fingerprint density at radius 2 is 1.77 bits per heavy atom. The lowest BCUT2D eigenvalue weighted by molar-refractivity contribution is -0.117. The van der Waals surface area contributed by atoms with Crippen LogP contribution < -0.4 is 10.1 Å². The van der Waals surface area contributed by atoms with Crippen molar-refractivity contribution in [1.29, 1.82) is 0 Å². The first-order chi connectivity index (χ1) is 14.6. The molecule has 158 valence electrons. The van der Waals surface area contributed by atoms with Crippen molar-refractivity contribution in [1.82, 2.24) is 14.8 Å². The van der Waals surface area contributed by atoms with Crippen LogP contribution in [0.25, 0.3) is 10.2 Å². The Hall–Kier alpha value is -2.62. The molecule has 4 rings (SSSR count). The molecule has 3 aromatic rings. The molecular weight excluding hydrogens is 410 g/mol. The van der Waals surface area contributed by atoms with Crippen molar-refractivity contribution >= 4 is 33.1 Å². The monoisotopic (exact) mass is 432 g/mol. The molecule has 1 N–H and O–H groups in total. The summed E-state index contributed by atoms with van der Waals surface area (Å²) in [7, 11) is 0. The molecular formula is C21H22F2N4O2S. The Morgan fingerprint density at radius 3 is 2.53 bits per heavy atom. The third-order valence-electron chi connectivity index (χ3n) is 4.91. The number of fused-ring (bicyclic) bond motifs is 1. The third kappa shape index (κ3) is 5.29. The van der Waals surface area contributed by atoms with Crippen molar-refractivity contribution < 1.29 is 18.3 Å². The van der Waals surface area contributed by atoms with E-state index in [4.69, 9.17) is 0 Å². The average molecular weight is 432 g/mol. The molecule has 0 spiro atoms. The number of anilines is 1. The van der Waals surface area contributed by atoms with E-state index in [9.17, 15) is 13.6 Å². The highest BCUT2D eigenvalue weighted by atomic mass is 32.1.